The second-order valence-electron chi connectivity index (χ2n) is 4.73. The fourth-order valence-electron chi connectivity index (χ4n) is 2.30. The van der Waals surface area contributed by atoms with Crippen molar-refractivity contribution >= 4 is 22.6 Å². The van der Waals surface area contributed by atoms with Gasteiger partial charge in [-0.25, -0.2) is 13.8 Å². The highest BCUT2D eigenvalue weighted by molar-refractivity contribution is 6.04. The molecule has 2 aromatic rings. The van der Waals surface area contributed by atoms with E-state index >= 15 is 0 Å². The zero-order valence-corrected chi connectivity index (χ0v) is 10.6. The minimum absolute atomic E-state index is 0.129. The number of hydrogen-bond acceptors (Lipinski definition) is 2. The van der Waals surface area contributed by atoms with E-state index in [4.69, 9.17) is 0 Å². The summed E-state index contributed by atoms with van der Waals surface area (Å²) in [6.45, 7) is 0. The van der Waals surface area contributed by atoms with Gasteiger partial charge in [-0.15, -0.1) is 0 Å². The topological polar surface area (TPSA) is 57.8 Å². The first-order chi connectivity index (χ1) is 9.63. The maximum Gasteiger partial charge on any atom is 0.295 e. The van der Waals surface area contributed by atoms with Crippen molar-refractivity contribution in [3.63, 3.8) is 0 Å². The summed E-state index contributed by atoms with van der Waals surface area (Å²) in [5.74, 6) is -0.488. The van der Waals surface area contributed by atoms with E-state index in [0.29, 0.717) is 16.7 Å². The van der Waals surface area contributed by atoms with Gasteiger partial charge in [0.2, 0.25) is 0 Å². The molecule has 1 aliphatic carbocycles. The van der Waals surface area contributed by atoms with Gasteiger partial charge < -0.3 is 10.3 Å². The molecule has 0 saturated carbocycles. The lowest BCUT2D eigenvalue weighted by atomic mass is 10.2. The van der Waals surface area contributed by atoms with Crippen LogP contribution in [0.4, 0.5) is 14.5 Å². The average molecular weight is 277 g/mol. The molecule has 0 fully saturated rings. The average Bonchev–Trinajstić information content (AvgIpc) is 3.07. The number of carbonyl (C=O) groups excluding carboxylic acids is 1. The van der Waals surface area contributed by atoms with Crippen molar-refractivity contribution in [2.45, 2.75) is 25.7 Å². The maximum absolute atomic E-state index is 12.5. The molecule has 0 aliphatic heterocycles. The Labute approximate surface area is 113 Å². The molecule has 1 aromatic carbocycles. The van der Waals surface area contributed by atoms with Crippen LogP contribution in [-0.2, 0) is 4.79 Å². The lowest BCUT2D eigenvalue weighted by molar-refractivity contribution is -0.112. The minimum atomic E-state index is -2.64. The van der Waals surface area contributed by atoms with Gasteiger partial charge in [0.25, 0.3) is 12.3 Å². The molecule has 6 heteroatoms. The van der Waals surface area contributed by atoms with E-state index < -0.39 is 6.43 Å². The molecule has 0 unspecified atom stereocenters. The number of carbonyl (C=O) groups is 1. The van der Waals surface area contributed by atoms with Gasteiger partial charge in [0.05, 0.1) is 11.0 Å². The number of fused-ring (bicyclic) bond motifs is 1. The van der Waals surface area contributed by atoms with Crippen LogP contribution in [0, 0.1) is 0 Å². The number of amides is 1. The van der Waals surface area contributed by atoms with Crippen LogP contribution in [0.3, 0.4) is 0 Å². The number of H-pyrrole nitrogens is 1. The molecular weight excluding hydrogens is 264 g/mol. The van der Waals surface area contributed by atoms with E-state index in [-0.39, 0.29) is 11.7 Å². The summed E-state index contributed by atoms with van der Waals surface area (Å²) in [5, 5.41) is 2.77. The summed E-state index contributed by atoms with van der Waals surface area (Å²) >= 11 is 0. The van der Waals surface area contributed by atoms with Crippen molar-refractivity contribution in [2.24, 2.45) is 0 Å². The fourth-order valence-corrected chi connectivity index (χ4v) is 2.30. The number of aromatic amines is 1. The zero-order valence-electron chi connectivity index (χ0n) is 10.6. The molecule has 0 bridgehead atoms. The minimum Gasteiger partial charge on any atom is -0.337 e. The first kappa shape index (κ1) is 12.8. The van der Waals surface area contributed by atoms with Crippen LogP contribution >= 0.6 is 0 Å². The Balaban J connectivity index is 1.83. The molecule has 0 saturated heterocycles. The standard InChI is InChI=1S/C14H13F2N3O/c15-12(16)13-18-10-6-5-9(7-11(10)19-13)17-14(20)8-3-1-2-4-8/h3,5-7,12H,1-2,4H2,(H,17,20)(H,18,19). The van der Waals surface area contributed by atoms with Gasteiger partial charge in [-0.05, 0) is 37.5 Å². The summed E-state index contributed by atoms with van der Waals surface area (Å²) in [4.78, 5) is 18.3. The molecule has 3 rings (SSSR count). The number of aromatic nitrogens is 2. The van der Waals surface area contributed by atoms with E-state index in [2.05, 4.69) is 15.3 Å². The molecule has 0 radical (unpaired) electrons. The highest BCUT2D eigenvalue weighted by Gasteiger charge is 2.15. The van der Waals surface area contributed by atoms with Crippen molar-refractivity contribution < 1.29 is 13.6 Å². The SMILES string of the molecule is O=C(Nc1ccc2nc(C(F)F)[nH]c2c1)C1=CCCC1. The van der Waals surface area contributed by atoms with Gasteiger partial charge in [0, 0.05) is 11.3 Å². The van der Waals surface area contributed by atoms with Crippen molar-refractivity contribution in [3.05, 3.63) is 35.7 Å². The Kier molecular flexibility index (Phi) is 3.22. The van der Waals surface area contributed by atoms with Gasteiger partial charge >= 0.3 is 0 Å². The number of anilines is 1. The second kappa shape index (κ2) is 5.03. The predicted octanol–water partition coefficient (Wildman–Crippen LogP) is 3.55. The van der Waals surface area contributed by atoms with Crippen LogP contribution in [0.1, 0.15) is 31.5 Å². The number of imidazole rings is 1. The number of halogens is 2. The lowest BCUT2D eigenvalue weighted by Gasteiger charge is -2.05. The third-order valence-corrected chi connectivity index (χ3v) is 3.30. The summed E-state index contributed by atoms with van der Waals surface area (Å²) in [6.07, 6.45) is 2.01. The number of allylic oxidation sites excluding steroid dienone is 1. The van der Waals surface area contributed by atoms with Gasteiger partial charge in [0.1, 0.15) is 0 Å². The molecular formula is C14H13F2N3O. The zero-order chi connectivity index (χ0) is 14.1. The molecule has 1 heterocycles. The quantitative estimate of drug-likeness (QED) is 0.901. The van der Waals surface area contributed by atoms with Crippen LogP contribution in [-0.4, -0.2) is 15.9 Å². The molecule has 0 spiro atoms. The van der Waals surface area contributed by atoms with Gasteiger partial charge in [-0.1, -0.05) is 6.08 Å². The Bertz CT molecular complexity index is 691. The second-order valence-corrected chi connectivity index (χ2v) is 4.73. The van der Waals surface area contributed by atoms with Crippen LogP contribution in [0.15, 0.2) is 29.8 Å². The lowest BCUT2D eigenvalue weighted by Crippen LogP contribution is -2.13. The van der Waals surface area contributed by atoms with Crippen LogP contribution in [0.5, 0.6) is 0 Å². The fraction of sp³-hybridized carbons (Fsp3) is 0.286. The van der Waals surface area contributed by atoms with E-state index in [1.165, 1.54) is 0 Å². The van der Waals surface area contributed by atoms with E-state index in [0.717, 1.165) is 24.8 Å². The summed E-state index contributed by atoms with van der Waals surface area (Å²) in [6, 6.07) is 4.88. The summed E-state index contributed by atoms with van der Waals surface area (Å²) < 4.78 is 25.1. The highest BCUT2D eigenvalue weighted by atomic mass is 19.3. The van der Waals surface area contributed by atoms with E-state index in [1.54, 1.807) is 18.2 Å². The Morgan fingerprint density at radius 2 is 2.25 bits per heavy atom. The van der Waals surface area contributed by atoms with E-state index in [9.17, 15) is 13.6 Å². The van der Waals surface area contributed by atoms with Gasteiger partial charge in [-0.2, -0.15) is 0 Å². The number of rotatable bonds is 3. The monoisotopic (exact) mass is 277 g/mol. The Hall–Kier alpha value is -2.24. The van der Waals surface area contributed by atoms with Crippen LogP contribution in [0.2, 0.25) is 0 Å². The maximum atomic E-state index is 12.5. The Morgan fingerprint density at radius 1 is 1.40 bits per heavy atom. The van der Waals surface area contributed by atoms with Crippen LogP contribution in [0.25, 0.3) is 11.0 Å². The third-order valence-electron chi connectivity index (χ3n) is 3.30. The molecule has 4 nitrogen and oxygen atoms in total. The van der Waals surface area contributed by atoms with E-state index in [1.807, 2.05) is 6.08 Å². The first-order valence-electron chi connectivity index (χ1n) is 6.41. The molecule has 2 N–H and O–H groups in total. The molecule has 20 heavy (non-hydrogen) atoms. The smallest absolute Gasteiger partial charge is 0.295 e. The number of nitrogens with zero attached hydrogens (tertiary/aromatic N) is 1. The molecule has 1 amide bonds. The number of nitrogens with one attached hydrogen (secondary N) is 2. The number of hydrogen-bond donors (Lipinski definition) is 2. The van der Waals surface area contributed by atoms with Gasteiger partial charge in [0.15, 0.2) is 5.82 Å². The third kappa shape index (κ3) is 2.41. The van der Waals surface area contributed by atoms with Gasteiger partial charge in [-0.3, -0.25) is 4.79 Å². The molecule has 0 atom stereocenters. The summed E-state index contributed by atoms with van der Waals surface area (Å²) in [7, 11) is 0. The Morgan fingerprint density at radius 3 is 2.95 bits per heavy atom. The first-order valence-corrected chi connectivity index (χ1v) is 6.41. The summed E-state index contributed by atoms with van der Waals surface area (Å²) in [5.41, 5.74) is 2.29. The molecule has 1 aliphatic rings. The normalized spacial score (nSPS) is 14.8. The van der Waals surface area contributed by atoms with Crippen LogP contribution < -0.4 is 5.32 Å². The molecule has 104 valence electrons. The number of benzene rings is 1. The number of alkyl halides is 2. The molecule has 1 aromatic heterocycles. The van der Waals surface area contributed by atoms with Crippen molar-refractivity contribution in [3.8, 4) is 0 Å². The van der Waals surface area contributed by atoms with Crippen molar-refractivity contribution in [2.75, 3.05) is 5.32 Å². The predicted molar refractivity (Wildman–Crippen MR) is 71.6 cm³/mol. The largest absolute Gasteiger partial charge is 0.337 e. The highest BCUT2D eigenvalue weighted by Crippen LogP contribution is 2.24. The van der Waals surface area contributed by atoms with Crippen molar-refractivity contribution in [1.29, 1.82) is 0 Å². The van der Waals surface area contributed by atoms with Crippen molar-refractivity contribution in [1.82, 2.24) is 9.97 Å².